The summed E-state index contributed by atoms with van der Waals surface area (Å²) in [5.74, 6) is -0.764. The first kappa shape index (κ1) is 10.1. The molecular formula is C8H10F3NO. The molecule has 0 spiro atoms. The van der Waals surface area contributed by atoms with Crippen LogP contribution in [0.4, 0.5) is 13.2 Å². The molecule has 1 aromatic heterocycles. The van der Waals surface area contributed by atoms with Crippen LogP contribution in [-0.2, 0) is 6.18 Å². The van der Waals surface area contributed by atoms with Crippen LogP contribution >= 0.6 is 0 Å². The highest BCUT2D eigenvalue weighted by Gasteiger charge is 2.38. The Hall–Kier alpha value is -0.970. The summed E-state index contributed by atoms with van der Waals surface area (Å²) < 4.78 is 41.4. The van der Waals surface area contributed by atoms with Crippen molar-refractivity contribution in [3.63, 3.8) is 0 Å². The third-order valence-electron chi connectivity index (χ3n) is 1.63. The Labute approximate surface area is 73.5 Å². The van der Waals surface area contributed by atoms with Gasteiger partial charge in [0.15, 0.2) is 0 Å². The molecule has 2 N–H and O–H groups in total. The molecule has 1 atom stereocenters. The van der Waals surface area contributed by atoms with Gasteiger partial charge in [-0.25, -0.2) is 0 Å². The lowest BCUT2D eigenvalue weighted by molar-refractivity contribution is -0.154. The zero-order valence-electron chi connectivity index (χ0n) is 7.27. The molecule has 0 aliphatic carbocycles. The molecule has 1 heterocycles. The van der Waals surface area contributed by atoms with Crippen molar-refractivity contribution in [2.45, 2.75) is 26.1 Å². The van der Waals surface area contributed by atoms with E-state index in [9.17, 15) is 13.2 Å². The molecule has 1 unspecified atom stereocenters. The van der Waals surface area contributed by atoms with E-state index < -0.39 is 18.0 Å². The zero-order chi connectivity index (χ0) is 10.2. The monoisotopic (exact) mass is 193 g/mol. The lowest BCUT2D eigenvalue weighted by Crippen LogP contribution is -2.12. The second kappa shape index (κ2) is 3.06. The van der Waals surface area contributed by atoms with Gasteiger partial charge in [0.05, 0.1) is 0 Å². The smallest absolute Gasteiger partial charge is 0.449 e. The molecule has 74 valence electrons. The Kier molecular flexibility index (Phi) is 2.38. The van der Waals surface area contributed by atoms with E-state index in [4.69, 9.17) is 5.73 Å². The average molecular weight is 193 g/mol. The van der Waals surface area contributed by atoms with Gasteiger partial charge in [-0.05, 0) is 19.9 Å². The van der Waals surface area contributed by atoms with Gasteiger partial charge in [0, 0.05) is 11.6 Å². The Balaban J connectivity index is 3.20. The van der Waals surface area contributed by atoms with Crippen molar-refractivity contribution in [1.29, 1.82) is 0 Å². The molecule has 0 saturated carbocycles. The van der Waals surface area contributed by atoms with Crippen molar-refractivity contribution >= 4 is 0 Å². The lowest BCUT2D eigenvalue weighted by atomic mass is 10.1. The molecule has 0 aliphatic heterocycles. The van der Waals surface area contributed by atoms with Crippen LogP contribution in [0, 0.1) is 6.92 Å². The van der Waals surface area contributed by atoms with E-state index in [2.05, 4.69) is 4.42 Å². The molecule has 1 rings (SSSR count). The van der Waals surface area contributed by atoms with Crippen LogP contribution < -0.4 is 5.73 Å². The SMILES string of the molecule is Cc1cc(C(C)N)c(C(F)(F)F)o1. The van der Waals surface area contributed by atoms with Gasteiger partial charge < -0.3 is 10.2 Å². The Morgan fingerprint density at radius 2 is 2.00 bits per heavy atom. The molecule has 0 amide bonds. The molecule has 1 aromatic rings. The first-order valence-corrected chi connectivity index (χ1v) is 3.75. The number of halogens is 3. The van der Waals surface area contributed by atoms with E-state index in [1.165, 1.54) is 19.9 Å². The molecule has 0 bridgehead atoms. The number of nitrogens with two attached hydrogens (primary N) is 1. The van der Waals surface area contributed by atoms with Crippen LogP contribution in [0.5, 0.6) is 0 Å². The number of aryl methyl sites for hydroxylation is 1. The summed E-state index contributed by atoms with van der Waals surface area (Å²) in [6.45, 7) is 2.95. The van der Waals surface area contributed by atoms with Gasteiger partial charge in [0.1, 0.15) is 5.76 Å². The fourth-order valence-electron chi connectivity index (χ4n) is 1.09. The largest absolute Gasteiger partial charge is 0.456 e. The van der Waals surface area contributed by atoms with E-state index in [0.717, 1.165) is 0 Å². The van der Waals surface area contributed by atoms with Crippen LogP contribution in [0.2, 0.25) is 0 Å². The maximum Gasteiger partial charge on any atom is 0.449 e. The van der Waals surface area contributed by atoms with E-state index >= 15 is 0 Å². The van der Waals surface area contributed by atoms with Gasteiger partial charge >= 0.3 is 6.18 Å². The minimum Gasteiger partial charge on any atom is -0.456 e. The maximum atomic E-state index is 12.3. The summed E-state index contributed by atoms with van der Waals surface area (Å²) in [6, 6.07) is 0.641. The summed E-state index contributed by atoms with van der Waals surface area (Å²) >= 11 is 0. The van der Waals surface area contributed by atoms with Gasteiger partial charge in [-0.2, -0.15) is 13.2 Å². The van der Waals surface area contributed by atoms with Gasteiger partial charge in [-0.1, -0.05) is 0 Å². The molecule has 5 heteroatoms. The molecule has 2 nitrogen and oxygen atoms in total. The highest BCUT2D eigenvalue weighted by atomic mass is 19.4. The minimum atomic E-state index is -4.46. The van der Waals surface area contributed by atoms with Gasteiger partial charge in [-0.3, -0.25) is 0 Å². The van der Waals surface area contributed by atoms with E-state index in [1.807, 2.05) is 0 Å². The van der Waals surface area contributed by atoms with E-state index in [-0.39, 0.29) is 11.3 Å². The van der Waals surface area contributed by atoms with Crippen LogP contribution in [0.1, 0.15) is 30.0 Å². The summed E-state index contributed by atoms with van der Waals surface area (Å²) in [7, 11) is 0. The molecule has 13 heavy (non-hydrogen) atoms. The molecule has 0 aromatic carbocycles. The number of rotatable bonds is 1. The standard InChI is InChI=1S/C8H10F3NO/c1-4-3-6(5(2)12)7(13-4)8(9,10)11/h3,5H,12H2,1-2H3. The molecule has 0 saturated heterocycles. The first-order valence-electron chi connectivity index (χ1n) is 3.75. The van der Waals surface area contributed by atoms with Crippen LogP contribution in [0.3, 0.4) is 0 Å². The number of hydrogen-bond donors (Lipinski definition) is 1. The van der Waals surface area contributed by atoms with Crippen molar-refractivity contribution in [1.82, 2.24) is 0 Å². The Morgan fingerprint density at radius 1 is 1.46 bits per heavy atom. The summed E-state index contributed by atoms with van der Waals surface area (Å²) in [5.41, 5.74) is 5.37. The van der Waals surface area contributed by atoms with Crippen molar-refractivity contribution in [3.05, 3.63) is 23.2 Å². The summed E-state index contributed by atoms with van der Waals surface area (Å²) in [6.07, 6.45) is -4.46. The highest BCUT2D eigenvalue weighted by molar-refractivity contribution is 5.26. The van der Waals surface area contributed by atoms with Crippen molar-refractivity contribution in [2.75, 3.05) is 0 Å². The Morgan fingerprint density at radius 3 is 2.31 bits per heavy atom. The van der Waals surface area contributed by atoms with Crippen LogP contribution in [0.15, 0.2) is 10.5 Å². The van der Waals surface area contributed by atoms with Gasteiger partial charge in [-0.15, -0.1) is 0 Å². The lowest BCUT2D eigenvalue weighted by Gasteiger charge is -2.07. The van der Waals surface area contributed by atoms with Gasteiger partial charge in [0.2, 0.25) is 5.76 Å². The van der Waals surface area contributed by atoms with Crippen molar-refractivity contribution in [2.24, 2.45) is 5.73 Å². The normalized spacial score (nSPS) is 14.6. The highest BCUT2D eigenvalue weighted by Crippen LogP contribution is 2.35. The molecule has 0 aliphatic rings. The average Bonchev–Trinajstić information content (AvgIpc) is 2.29. The number of furan rings is 1. The Bertz CT molecular complexity index is 301. The maximum absolute atomic E-state index is 12.3. The summed E-state index contributed by atoms with van der Waals surface area (Å²) in [4.78, 5) is 0. The third kappa shape index (κ3) is 2.03. The number of hydrogen-bond acceptors (Lipinski definition) is 2. The molecule has 0 fully saturated rings. The second-order valence-electron chi connectivity index (χ2n) is 2.93. The summed E-state index contributed by atoms with van der Waals surface area (Å²) in [5, 5.41) is 0. The van der Waals surface area contributed by atoms with Crippen LogP contribution in [-0.4, -0.2) is 0 Å². The first-order chi connectivity index (χ1) is 5.82. The fourth-order valence-corrected chi connectivity index (χ4v) is 1.09. The predicted molar refractivity (Wildman–Crippen MR) is 41.0 cm³/mol. The van der Waals surface area contributed by atoms with E-state index in [0.29, 0.717) is 0 Å². The van der Waals surface area contributed by atoms with Crippen molar-refractivity contribution < 1.29 is 17.6 Å². The topological polar surface area (TPSA) is 39.2 Å². The van der Waals surface area contributed by atoms with Gasteiger partial charge in [0.25, 0.3) is 0 Å². The van der Waals surface area contributed by atoms with E-state index in [1.54, 1.807) is 0 Å². The fraction of sp³-hybridized carbons (Fsp3) is 0.500. The second-order valence-corrected chi connectivity index (χ2v) is 2.93. The zero-order valence-corrected chi connectivity index (χ0v) is 7.27. The molecular weight excluding hydrogens is 183 g/mol. The predicted octanol–water partition coefficient (Wildman–Crippen LogP) is 2.63. The number of alkyl halides is 3. The third-order valence-corrected chi connectivity index (χ3v) is 1.63. The van der Waals surface area contributed by atoms with Crippen molar-refractivity contribution in [3.8, 4) is 0 Å². The molecule has 0 radical (unpaired) electrons. The quantitative estimate of drug-likeness (QED) is 0.744. The minimum absolute atomic E-state index is 0.00463. The van der Waals surface area contributed by atoms with Crippen LogP contribution in [0.25, 0.3) is 0 Å².